The number of unbranched alkanes of at least 4 members (excludes halogenated alkanes) is 11. The lowest BCUT2D eigenvalue weighted by Gasteiger charge is -2.08. The van der Waals surface area contributed by atoms with Gasteiger partial charge in [-0.3, -0.25) is 4.79 Å². The van der Waals surface area contributed by atoms with E-state index >= 15 is 0 Å². The first-order valence-electron chi connectivity index (χ1n) is 9.84. The lowest BCUT2D eigenvalue weighted by molar-refractivity contribution is -0.119. The van der Waals surface area contributed by atoms with Crippen molar-refractivity contribution in [3.8, 4) is 0 Å². The molecule has 0 aromatic heterocycles. The summed E-state index contributed by atoms with van der Waals surface area (Å²) in [5, 5.41) is 20.4. The van der Waals surface area contributed by atoms with Crippen LogP contribution in [0.5, 0.6) is 0 Å². The number of amides is 1. The summed E-state index contributed by atoms with van der Waals surface area (Å²) in [7, 11) is 0. The molecule has 144 valence electrons. The van der Waals surface area contributed by atoms with E-state index < -0.39 is 6.10 Å². The Morgan fingerprint density at radius 3 is 1.92 bits per heavy atom. The maximum atomic E-state index is 11.5. The van der Waals surface area contributed by atoms with E-state index in [-0.39, 0.29) is 19.1 Å². The summed E-state index contributed by atoms with van der Waals surface area (Å²) in [5.41, 5.74) is 0. The minimum absolute atomic E-state index is 0.0635. The highest BCUT2D eigenvalue weighted by atomic mass is 32.2. The molecule has 0 aliphatic rings. The number of nitrogens with one attached hydrogen (secondary N) is 1. The molecule has 0 rings (SSSR count). The summed E-state index contributed by atoms with van der Waals surface area (Å²) in [6.45, 7) is 2.08. The maximum Gasteiger partial charge on any atom is 0.230 e. The second kappa shape index (κ2) is 19.1. The van der Waals surface area contributed by atoms with Crippen molar-refractivity contribution in [3.63, 3.8) is 0 Å². The fourth-order valence-corrected chi connectivity index (χ4v) is 3.40. The molecule has 1 unspecified atom stereocenters. The normalized spacial score (nSPS) is 12.3. The van der Waals surface area contributed by atoms with Crippen LogP contribution in [-0.2, 0) is 4.79 Å². The highest BCUT2D eigenvalue weighted by Crippen LogP contribution is 2.13. The average molecular weight is 362 g/mol. The number of aliphatic hydroxyl groups is 2. The Labute approximate surface area is 153 Å². The zero-order valence-corrected chi connectivity index (χ0v) is 16.4. The number of carbonyl (C=O) groups is 1. The molecule has 5 heteroatoms. The minimum Gasteiger partial charge on any atom is -0.394 e. The molecule has 0 spiro atoms. The van der Waals surface area contributed by atoms with Gasteiger partial charge in [0.2, 0.25) is 5.91 Å². The molecule has 0 heterocycles. The van der Waals surface area contributed by atoms with Gasteiger partial charge >= 0.3 is 0 Å². The zero-order chi connectivity index (χ0) is 17.9. The topological polar surface area (TPSA) is 69.6 Å². The van der Waals surface area contributed by atoms with Gasteiger partial charge in [0.25, 0.3) is 0 Å². The lowest BCUT2D eigenvalue weighted by Crippen LogP contribution is -2.34. The second-order valence-corrected chi connectivity index (χ2v) is 7.69. The molecule has 0 bridgehead atoms. The highest BCUT2D eigenvalue weighted by Gasteiger charge is 2.05. The summed E-state index contributed by atoms with van der Waals surface area (Å²) >= 11 is 1.65. The van der Waals surface area contributed by atoms with Gasteiger partial charge in [-0.2, -0.15) is 11.8 Å². The van der Waals surface area contributed by atoms with Crippen molar-refractivity contribution in [2.75, 3.05) is 24.7 Å². The second-order valence-electron chi connectivity index (χ2n) is 6.58. The third kappa shape index (κ3) is 18.1. The van der Waals surface area contributed by atoms with Crippen LogP contribution in [0.3, 0.4) is 0 Å². The molecule has 0 saturated carbocycles. The zero-order valence-electron chi connectivity index (χ0n) is 15.6. The van der Waals surface area contributed by atoms with E-state index in [2.05, 4.69) is 12.2 Å². The molecule has 24 heavy (non-hydrogen) atoms. The van der Waals surface area contributed by atoms with E-state index in [1.54, 1.807) is 11.8 Å². The predicted molar refractivity (Wildman–Crippen MR) is 105 cm³/mol. The Hall–Kier alpha value is -0.260. The molecule has 0 fully saturated rings. The van der Waals surface area contributed by atoms with Crippen LogP contribution in [0.4, 0.5) is 0 Å². The van der Waals surface area contributed by atoms with Gasteiger partial charge in [-0.25, -0.2) is 0 Å². The monoisotopic (exact) mass is 361 g/mol. The summed E-state index contributed by atoms with van der Waals surface area (Å²) in [6, 6.07) is 0. The molecule has 3 N–H and O–H groups in total. The van der Waals surface area contributed by atoms with E-state index in [0.29, 0.717) is 5.75 Å². The first-order chi connectivity index (χ1) is 11.7. The van der Waals surface area contributed by atoms with Crippen LogP contribution in [0.1, 0.15) is 84.0 Å². The van der Waals surface area contributed by atoms with Gasteiger partial charge in [-0.05, 0) is 12.2 Å². The van der Waals surface area contributed by atoms with E-state index in [0.717, 1.165) is 5.75 Å². The molecule has 0 aromatic carbocycles. The SMILES string of the molecule is CCCCCCCCCCCCCCSCC(=O)NCC(O)CO. The Bertz CT molecular complexity index is 277. The van der Waals surface area contributed by atoms with Crippen molar-refractivity contribution >= 4 is 17.7 Å². The van der Waals surface area contributed by atoms with Gasteiger partial charge in [0.15, 0.2) is 0 Å². The number of hydrogen-bond acceptors (Lipinski definition) is 4. The Morgan fingerprint density at radius 2 is 1.42 bits per heavy atom. The van der Waals surface area contributed by atoms with Crippen LogP contribution in [0, 0.1) is 0 Å². The van der Waals surface area contributed by atoms with Gasteiger partial charge in [-0.1, -0.05) is 77.6 Å². The number of hydrogen-bond donors (Lipinski definition) is 3. The van der Waals surface area contributed by atoms with Crippen LogP contribution in [0.15, 0.2) is 0 Å². The molecule has 1 amide bonds. The number of aliphatic hydroxyl groups excluding tert-OH is 2. The van der Waals surface area contributed by atoms with Crippen molar-refractivity contribution in [2.24, 2.45) is 0 Å². The molecular formula is C19H39NO3S. The van der Waals surface area contributed by atoms with Crippen LogP contribution < -0.4 is 5.32 Å². The molecule has 0 aliphatic heterocycles. The quantitative estimate of drug-likeness (QED) is 0.324. The van der Waals surface area contributed by atoms with Crippen molar-refractivity contribution < 1.29 is 15.0 Å². The fraction of sp³-hybridized carbons (Fsp3) is 0.947. The van der Waals surface area contributed by atoms with Crippen molar-refractivity contribution in [2.45, 2.75) is 90.1 Å². The van der Waals surface area contributed by atoms with E-state index in [1.807, 2.05) is 0 Å². The smallest absolute Gasteiger partial charge is 0.230 e. The molecule has 0 aliphatic carbocycles. The van der Waals surface area contributed by atoms with Crippen molar-refractivity contribution in [1.82, 2.24) is 5.32 Å². The summed E-state index contributed by atoms with van der Waals surface area (Å²) in [5.74, 6) is 1.40. The van der Waals surface area contributed by atoms with Gasteiger partial charge in [0.05, 0.1) is 18.5 Å². The summed E-state index contributed by atoms with van der Waals surface area (Å²) in [6.07, 6.45) is 15.4. The van der Waals surface area contributed by atoms with E-state index in [4.69, 9.17) is 10.2 Å². The largest absolute Gasteiger partial charge is 0.394 e. The molecular weight excluding hydrogens is 322 g/mol. The summed E-state index contributed by atoms with van der Waals surface area (Å²) < 4.78 is 0. The molecule has 1 atom stereocenters. The lowest BCUT2D eigenvalue weighted by atomic mass is 10.1. The predicted octanol–water partition coefficient (Wildman–Crippen LogP) is 3.89. The molecule has 0 aromatic rings. The standard InChI is InChI=1S/C19H39NO3S/c1-2-3-4-5-6-7-8-9-10-11-12-13-14-24-17-19(23)20-15-18(22)16-21/h18,21-22H,2-17H2,1H3,(H,20,23). The van der Waals surface area contributed by atoms with Crippen LogP contribution in [-0.4, -0.2) is 46.9 Å². The maximum absolute atomic E-state index is 11.5. The molecule has 0 radical (unpaired) electrons. The van der Waals surface area contributed by atoms with Gasteiger partial charge < -0.3 is 15.5 Å². The fourth-order valence-electron chi connectivity index (χ4n) is 2.56. The Morgan fingerprint density at radius 1 is 0.917 bits per heavy atom. The van der Waals surface area contributed by atoms with Gasteiger partial charge in [0.1, 0.15) is 0 Å². The Balaban J connectivity index is 3.13. The third-order valence-corrected chi connectivity index (χ3v) is 5.16. The third-order valence-electron chi connectivity index (χ3n) is 4.12. The van der Waals surface area contributed by atoms with Gasteiger partial charge in [-0.15, -0.1) is 0 Å². The number of carbonyl (C=O) groups excluding carboxylic acids is 1. The first kappa shape index (κ1) is 23.7. The minimum atomic E-state index is -0.852. The van der Waals surface area contributed by atoms with Crippen LogP contribution in [0.2, 0.25) is 0 Å². The van der Waals surface area contributed by atoms with E-state index in [9.17, 15) is 4.79 Å². The molecule has 4 nitrogen and oxygen atoms in total. The average Bonchev–Trinajstić information content (AvgIpc) is 2.59. The van der Waals surface area contributed by atoms with Crippen LogP contribution in [0.25, 0.3) is 0 Å². The first-order valence-corrected chi connectivity index (χ1v) is 11.0. The number of rotatable bonds is 18. The Kier molecular flexibility index (Phi) is 18.9. The van der Waals surface area contributed by atoms with E-state index in [1.165, 1.54) is 77.0 Å². The van der Waals surface area contributed by atoms with Crippen molar-refractivity contribution in [1.29, 1.82) is 0 Å². The highest BCUT2D eigenvalue weighted by molar-refractivity contribution is 7.99. The molecule has 0 saturated heterocycles. The number of thioether (sulfide) groups is 1. The summed E-state index contributed by atoms with van der Waals surface area (Å²) in [4.78, 5) is 11.5. The van der Waals surface area contributed by atoms with Crippen molar-refractivity contribution in [3.05, 3.63) is 0 Å². The van der Waals surface area contributed by atoms with Gasteiger partial charge in [0, 0.05) is 6.54 Å². The van der Waals surface area contributed by atoms with Crippen LogP contribution >= 0.6 is 11.8 Å².